The molecule has 0 aliphatic carbocycles. The highest BCUT2D eigenvalue weighted by Gasteiger charge is 2.30. The van der Waals surface area contributed by atoms with Crippen LogP contribution in [0.2, 0.25) is 0 Å². The van der Waals surface area contributed by atoms with Gasteiger partial charge in [0.05, 0.1) is 10.2 Å². The fourth-order valence-electron chi connectivity index (χ4n) is 3.17. The first-order valence-corrected chi connectivity index (χ1v) is 7.87. The van der Waals surface area contributed by atoms with E-state index in [2.05, 4.69) is 36.8 Å². The van der Waals surface area contributed by atoms with Crippen molar-refractivity contribution in [1.29, 1.82) is 0 Å². The van der Waals surface area contributed by atoms with E-state index in [1.165, 1.54) is 12.1 Å². The van der Waals surface area contributed by atoms with E-state index in [1.807, 2.05) is 12.4 Å². The van der Waals surface area contributed by atoms with Crippen LogP contribution in [-0.4, -0.2) is 48.1 Å². The van der Waals surface area contributed by atoms with Gasteiger partial charge < -0.3 is 10.6 Å². The third kappa shape index (κ3) is 2.93. The summed E-state index contributed by atoms with van der Waals surface area (Å²) in [5.74, 6) is 0. The summed E-state index contributed by atoms with van der Waals surface area (Å²) in [7, 11) is 0. The normalized spacial score (nSPS) is 26.0. The van der Waals surface area contributed by atoms with Gasteiger partial charge in [-0.25, -0.2) is 0 Å². The molecule has 2 fully saturated rings. The summed E-state index contributed by atoms with van der Waals surface area (Å²) in [5, 5.41) is 0. The van der Waals surface area contributed by atoms with Crippen molar-refractivity contribution >= 4 is 21.6 Å². The predicted octanol–water partition coefficient (Wildman–Crippen LogP) is 1.85. The molecule has 1 aromatic rings. The third-order valence-corrected chi connectivity index (χ3v) is 4.96. The molecule has 5 heteroatoms. The molecule has 2 aliphatic heterocycles. The fraction of sp³-hybridized carbons (Fsp3) is 0.643. The Hall–Kier alpha value is -0.650. The maximum absolute atomic E-state index is 5.98. The number of hydrogen-bond donors (Lipinski definition) is 1. The first-order chi connectivity index (χ1) is 9.24. The summed E-state index contributed by atoms with van der Waals surface area (Å²) < 4.78 is 1.09. The van der Waals surface area contributed by atoms with Gasteiger partial charge in [0.1, 0.15) is 0 Å². The molecule has 1 atom stereocenters. The summed E-state index contributed by atoms with van der Waals surface area (Å²) in [6.45, 7) is 4.59. The Morgan fingerprint density at radius 2 is 2.00 bits per heavy atom. The van der Waals surface area contributed by atoms with E-state index in [-0.39, 0.29) is 0 Å². The van der Waals surface area contributed by atoms with Crippen molar-refractivity contribution in [1.82, 2.24) is 9.88 Å². The molecule has 1 aromatic heterocycles. The minimum atomic E-state index is 0.420. The molecule has 19 heavy (non-hydrogen) atoms. The number of rotatable bonds is 2. The monoisotopic (exact) mass is 324 g/mol. The lowest BCUT2D eigenvalue weighted by molar-refractivity contribution is 0.163. The van der Waals surface area contributed by atoms with Gasteiger partial charge in [-0.1, -0.05) is 0 Å². The van der Waals surface area contributed by atoms with E-state index < -0.39 is 0 Å². The van der Waals surface area contributed by atoms with Gasteiger partial charge in [0, 0.05) is 37.6 Å². The van der Waals surface area contributed by atoms with Gasteiger partial charge in [-0.2, -0.15) is 0 Å². The number of nitrogens with zero attached hydrogens (tertiary/aromatic N) is 3. The summed E-state index contributed by atoms with van der Waals surface area (Å²) in [6.07, 6.45) is 7.30. The van der Waals surface area contributed by atoms with E-state index in [4.69, 9.17) is 5.73 Å². The van der Waals surface area contributed by atoms with Gasteiger partial charge >= 0.3 is 0 Å². The second kappa shape index (κ2) is 5.77. The number of aromatic nitrogens is 1. The molecule has 0 amide bonds. The van der Waals surface area contributed by atoms with E-state index in [0.29, 0.717) is 12.1 Å². The smallest absolute Gasteiger partial charge is 0.0592 e. The molecule has 2 saturated heterocycles. The first kappa shape index (κ1) is 13.3. The van der Waals surface area contributed by atoms with E-state index in [1.54, 1.807) is 0 Å². The lowest BCUT2D eigenvalue weighted by Crippen LogP contribution is -2.46. The van der Waals surface area contributed by atoms with Gasteiger partial charge in [0.25, 0.3) is 0 Å². The Bertz CT molecular complexity index is 431. The topological polar surface area (TPSA) is 45.4 Å². The maximum Gasteiger partial charge on any atom is 0.0592 e. The molecule has 3 heterocycles. The van der Waals surface area contributed by atoms with Crippen molar-refractivity contribution in [2.45, 2.75) is 31.3 Å². The average Bonchev–Trinajstić information content (AvgIpc) is 2.89. The molecular weight excluding hydrogens is 304 g/mol. The maximum atomic E-state index is 5.98. The minimum absolute atomic E-state index is 0.420. The van der Waals surface area contributed by atoms with Crippen molar-refractivity contribution in [3.05, 3.63) is 22.9 Å². The van der Waals surface area contributed by atoms with Gasteiger partial charge in [-0.3, -0.25) is 9.88 Å². The SMILES string of the molecule is NC1CCN(C2CCN(c3ccncc3Br)C2)CC1. The number of nitrogens with two attached hydrogens (primary N) is 1. The Labute approximate surface area is 123 Å². The van der Waals surface area contributed by atoms with E-state index >= 15 is 0 Å². The Morgan fingerprint density at radius 3 is 2.74 bits per heavy atom. The molecule has 0 spiro atoms. The van der Waals surface area contributed by atoms with Crippen molar-refractivity contribution < 1.29 is 0 Å². The van der Waals surface area contributed by atoms with E-state index in [9.17, 15) is 0 Å². The highest BCUT2D eigenvalue weighted by atomic mass is 79.9. The van der Waals surface area contributed by atoms with Crippen LogP contribution in [0.15, 0.2) is 22.9 Å². The molecule has 0 radical (unpaired) electrons. The Morgan fingerprint density at radius 1 is 1.21 bits per heavy atom. The second-order valence-corrected chi connectivity index (χ2v) is 6.44. The minimum Gasteiger partial charge on any atom is -0.369 e. The highest BCUT2D eigenvalue weighted by Crippen LogP contribution is 2.29. The molecule has 0 bridgehead atoms. The number of hydrogen-bond acceptors (Lipinski definition) is 4. The van der Waals surface area contributed by atoms with Crippen LogP contribution in [0.25, 0.3) is 0 Å². The molecule has 104 valence electrons. The quantitative estimate of drug-likeness (QED) is 0.901. The van der Waals surface area contributed by atoms with Gasteiger partial charge in [0.2, 0.25) is 0 Å². The predicted molar refractivity (Wildman–Crippen MR) is 81.3 cm³/mol. The number of piperidine rings is 1. The standard InChI is InChI=1S/C14H21BrN4/c15-13-9-17-5-1-14(13)19-8-4-12(10-19)18-6-2-11(16)3-7-18/h1,5,9,11-12H,2-4,6-8,10,16H2. The number of halogens is 1. The van der Waals surface area contributed by atoms with Crippen LogP contribution in [0, 0.1) is 0 Å². The zero-order valence-corrected chi connectivity index (χ0v) is 12.7. The average molecular weight is 325 g/mol. The molecule has 1 unspecified atom stereocenters. The zero-order chi connectivity index (χ0) is 13.2. The molecule has 0 saturated carbocycles. The van der Waals surface area contributed by atoms with E-state index in [0.717, 1.165) is 43.5 Å². The van der Waals surface area contributed by atoms with Crippen LogP contribution in [0.4, 0.5) is 5.69 Å². The van der Waals surface area contributed by atoms with Crippen molar-refractivity contribution in [3.63, 3.8) is 0 Å². The molecule has 0 aromatic carbocycles. The largest absolute Gasteiger partial charge is 0.369 e. The van der Waals surface area contributed by atoms with Crippen LogP contribution < -0.4 is 10.6 Å². The van der Waals surface area contributed by atoms with Crippen molar-refractivity contribution in [3.8, 4) is 0 Å². The summed E-state index contributed by atoms with van der Waals surface area (Å²) >= 11 is 3.60. The van der Waals surface area contributed by atoms with Crippen molar-refractivity contribution in [2.24, 2.45) is 5.73 Å². The summed E-state index contributed by atoms with van der Waals surface area (Å²) in [6, 6.07) is 3.20. The van der Waals surface area contributed by atoms with Crippen LogP contribution in [0.1, 0.15) is 19.3 Å². The van der Waals surface area contributed by atoms with Crippen LogP contribution in [0.3, 0.4) is 0 Å². The highest BCUT2D eigenvalue weighted by molar-refractivity contribution is 9.10. The Balaban J connectivity index is 1.63. The van der Waals surface area contributed by atoms with Gasteiger partial charge in [-0.05, 0) is 54.3 Å². The van der Waals surface area contributed by atoms with Crippen LogP contribution >= 0.6 is 15.9 Å². The zero-order valence-electron chi connectivity index (χ0n) is 11.1. The lowest BCUT2D eigenvalue weighted by Gasteiger charge is -2.34. The van der Waals surface area contributed by atoms with Crippen LogP contribution in [-0.2, 0) is 0 Å². The number of likely N-dealkylation sites (tertiary alicyclic amines) is 1. The summed E-state index contributed by atoms with van der Waals surface area (Å²) in [4.78, 5) is 9.22. The Kier molecular flexibility index (Phi) is 4.05. The third-order valence-electron chi connectivity index (χ3n) is 4.35. The molecular formula is C14H21BrN4. The van der Waals surface area contributed by atoms with Gasteiger partial charge in [-0.15, -0.1) is 0 Å². The van der Waals surface area contributed by atoms with Crippen LogP contribution in [0.5, 0.6) is 0 Å². The van der Waals surface area contributed by atoms with Crippen molar-refractivity contribution in [2.75, 3.05) is 31.1 Å². The second-order valence-electron chi connectivity index (χ2n) is 5.59. The number of anilines is 1. The number of pyridine rings is 1. The summed E-state index contributed by atoms with van der Waals surface area (Å²) in [5.41, 5.74) is 7.25. The molecule has 2 aliphatic rings. The van der Waals surface area contributed by atoms with Gasteiger partial charge in [0.15, 0.2) is 0 Å². The molecule has 3 rings (SSSR count). The molecule has 4 nitrogen and oxygen atoms in total. The first-order valence-electron chi connectivity index (χ1n) is 7.08. The lowest BCUT2D eigenvalue weighted by atomic mass is 10.0. The fourth-order valence-corrected chi connectivity index (χ4v) is 3.67. The molecule has 2 N–H and O–H groups in total.